The van der Waals surface area contributed by atoms with Gasteiger partial charge < -0.3 is 9.47 Å². The smallest absolute Gasteiger partial charge is 0.0618 e. The summed E-state index contributed by atoms with van der Waals surface area (Å²) in [5.74, 6) is 0. The van der Waals surface area contributed by atoms with Gasteiger partial charge in [-0.05, 0) is 81.4 Å². The summed E-state index contributed by atoms with van der Waals surface area (Å²) in [5, 5.41) is 7.39. The molecule has 1 aromatic heterocycles. The molecule has 9 aromatic rings. The second kappa shape index (κ2) is 11.8. The molecule has 0 radical (unpaired) electrons. The second-order valence-electron chi connectivity index (χ2n) is 14.2. The van der Waals surface area contributed by atoms with Gasteiger partial charge in [0.25, 0.3) is 0 Å². The van der Waals surface area contributed by atoms with E-state index in [2.05, 4.69) is 206 Å². The number of para-hydroxylation sites is 3. The molecule has 0 bridgehead atoms. The zero-order chi connectivity index (χ0) is 33.8. The van der Waals surface area contributed by atoms with Crippen molar-refractivity contribution in [2.45, 2.75) is 26.2 Å². The lowest BCUT2D eigenvalue weighted by Gasteiger charge is -2.29. The first-order valence-corrected chi connectivity index (χ1v) is 17.5. The highest BCUT2D eigenvalue weighted by Crippen LogP contribution is 2.49. The Morgan fingerprint density at radius 2 is 0.940 bits per heavy atom. The monoisotopic (exact) mass is 642 g/mol. The molecule has 0 amide bonds. The molecule has 0 atom stereocenters. The molecule has 1 heterocycles. The van der Waals surface area contributed by atoms with Crippen LogP contribution in [0.5, 0.6) is 0 Å². The maximum Gasteiger partial charge on any atom is 0.0618 e. The molecule has 0 fully saturated rings. The summed E-state index contributed by atoms with van der Waals surface area (Å²) in [7, 11) is 0. The van der Waals surface area contributed by atoms with Crippen molar-refractivity contribution in [2.75, 3.05) is 4.90 Å². The number of benzene rings is 8. The lowest BCUT2D eigenvalue weighted by atomic mass is 9.85. The Balaban J connectivity index is 1.34. The fourth-order valence-corrected chi connectivity index (χ4v) is 7.73. The molecule has 0 saturated carbocycles. The summed E-state index contributed by atoms with van der Waals surface area (Å²) >= 11 is 0. The van der Waals surface area contributed by atoms with Crippen LogP contribution in [0.2, 0.25) is 0 Å². The van der Waals surface area contributed by atoms with Gasteiger partial charge in [0.2, 0.25) is 0 Å². The lowest BCUT2D eigenvalue weighted by Crippen LogP contribution is -2.11. The topological polar surface area (TPSA) is 8.17 Å². The first-order chi connectivity index (χ1) is 24.5. The van der Waals surface area contributed by atoms with Crippen LogP contribution < -0.4 is 4.90 Å². The van der Waals surface area contributed by atoms with Gasteiger partial charge in [0.05, 0.1) is 16.7 Å². The molecule has 240 valence electrons. The van der Waals surface area contributed by atoms with Crippen molar-refractivity contribution in [2.24, 2.45) is 0 Å². The van der Waals surface area contributed by atoms with Gasteiger partial charge in [-0.1, -0.05) is 148 Å². The molecular formula is C48H38N2. The highest BCUT2D eigenvalue weighted by atomic mass is 15.1. The highest BCUT2D eigenvalue weighted by molar-refractivity contribution is 6.22. The third kappa shape index (κ3) is 4.87. The minimum absolute atomic E-state index is 0.0945. The third-order valence-electron chi connectivity index (χ3n) is 10.1. The second-order valence-corrected chi connectivity index (χ2v) is 14.2. The number of hydrogen-bond donors (Lipinski definition) is 0. The SMILES string of the molecule is CC(C)(C)c1ccc(-c2c3ccccc3c(N(c3ccccc3)c3ccc4c(c3)c3ccccc3n4-c3ccccc3)c3ccccc23)cc1. The lowest BCUT2D eigenvalue weighted by molar-refractivity contribution is 0.590. The predicted molar refractivity (Wildman–Crippen MR) is 215 cm³/mol. The Kier molecular flexibility index (Phi) is 7.07. The fourth-order valence-electron chi connectivity index (χ4n) is 7.73. The summed E-state index contributed by atoms with van der Waals surface area (Å²) < 4.78 is 2.38. The van der Waals surface area contributed by atoms with Gasteiger partial charge in [0, 0.05) is 38.6 Å². The van der Waals surface area contributed by atoms with E-state index in [-0.39, 0.29) is 5.41 Å². The van der Waals surface area contributed by atoms with Gasteiger partial charge in [-0.2, -0.15) is 0 Å². The number of nitrogens with zero attached hydrogens (tertiary/aromatic N) is 2. The molecule has 0 N–H and O–H groups in total. The van der Waals surface area contributed by atoms with E-state index in [0.29, 0.717) is 0 Å². The van der Waals surface area contributed by atoms with E-state index >= 15 is 0 Å². The Labute approximate surface area is 293 Å². The Hall–Kier alpha value is -6.12. The Morgan fingerprint density at radius 3 is 1.56 bits per heavy atom. The van der Waals surface area contributed by atoms with Crippen LogP contribution in [0.1, 0.15) is 26.3 Å². The normalized spacial score (nSPS) is 11.9. The van der Waals surface area contributed by atoms with Crippen molar-refractivity contribution < 1.29 is 0 Å². The number of fused-ring (bicyclic) bond motifs is 5. The third-order valence-corrected chi connectivity index (χ3v) is 10.1. The van der Waals surface area contributed by atoms with Crippen molar-refractivity contribution in [3.63, 3.8) is 0 Å². The summed E-state index contributed by atoms with van der Waals surface area (Å²) in [6.45, 7) is 6.82. The molecule has 50 heavy (non-hydrogen) atoms. The van der Waals surface area contributed by atoms with E-state index in [4.69, 9.17) is 0 Å². The Morgan fingerprint density at radius 1 is 0.420 bits per heavy atom. The zero-order valence-corrected chi connectivity index (χ0v) is 28.6. The summed E-state index contributed by atoms with van der Waals surface area (Å²) in [6, 6.07) is 64.3. The summed E-state index contributed by atoms with van der Waals surface area (Å²) in [5.41, 5.74) is 10.9. The number of rotatable bonds is 5. The average Bonchev–Trinajstić information content (AvgIpc) is 3.49. The molecule has 8 aromatic carbocycles. The van der Waals surface area contributed by atoms with Crippen LogP contribution in [-0.2, 0) is 5.41 Å². The van der Waals surface area contributed by atoms with Crippen LogP contribution in [-0.4, -0.2) is 4.57 Å². The minimum atomic E-state index is 0.0945. The van der Waals surface area contributed by atoms with Crippen LogP contribution in [0.4, 0.5) is 17.1 Å². The molecule has 0 unspecified atom stereocenters. The summed E-state index contributed by atoms with van der Waals surface area (Å²) in [6.07, 6.45) is 0. The van der Waals surface area contributed by atoms with Gasteiger partial charge in [0.1, 0.15) is 0 Å². The molecule has 0 aliphatic heterocycles. The fraction of sp³-hybridized carbons (Fsp3) is 0.0833. The van der Waals surface area contributed by atoms with Gasteiger partial charge in [-0.3, -0.25) is 0 Å². The van der Waals surface area contributed by atoms with Crippen LogP contribution in [0.15, 0.2) is 176 Å². The largest absolute Gasteiger partial charge is 0.309 e. The van der Waals surface area contributed by atoms with Crippen molar-refractivity contribution in [3.8, 4) is 16.8 Å². The van der Waals surface area contributed by atoms with Gasteiger partial charge >= 0.3 is 0 Å². The molecule has 2 heteroatoms. The Bertz CT molecular complexity index is 2600. The van der Waals surface area contributed by atoms with Crippen molar-refractivity contribution in [1.82, 2.24) is 4.57 Å². The molecule has 0 aliphatic rings. The quantitative estimate of drug-likeness (QED) is 0.170. The van der Waals surface area contributed by atoms with Crippen LogP contribution in [0.3, 0.4) is 0 Å². The van der Waals surface area contributed by atoms with E-state index in [9.17, 15) is 0 Å². The molecule has 0 saturated heterocycles. The number of aromatic nitrogens is 1. The standard InChI is InChI=1S/C48H38N2/c1-48(2,3)34-28-26-33(27-29-34)46-39-21-10-12-23-41(39)47(42-24-13-11-22-40(42)46)49(35-16-6-4-7-17-35)37-30-31-45-43(32-37)38-20-14-15-25-44(38)50(45)36-18-8-5-9-19-36/h4-32H,1-3H3. The van der Waals surface area contributed by atoms with Crippen molar-refractivity contribution >= 4 is 60.4 Å². The maximum absolute atomic E-state index is 2.46. The predicted octanol–water partition coefficient (Wildman–Crippen LogP) is 13.5. The van der Waals surface area contributed by atoms with Gasteiger partial charge in [-0.15, -0.1) is 0 Å². The first kappa shape index (κ1) is 30.0. The van der Waals surface area contributed by atoms with Crippen LogP contribution in [0, 0.1) is 0 Å². The number of hydrogen-bond acceptors (Lipinski definition) is 1. The van der Waals surface area contributed by atoms with E-state index < -0.39 is 0 Å². The van der Waals surface area contributed by atoms with Crippen LogP contribution >= 0.6 is 0 Å². The molecule has 0 spiro atoms. The minimum Gasteiger partial charge on any atom is -0.309 e. The highest BCUT2D eigenvalue weighted by Gasteiger charge is 2.23. The molecular weight excluding hydrogens is 605 g/mol. The van der Waals surface area contributed by atoms with Gasteiger partial charge in [-0.25, -0.2) is 0 Å². The zero-order valence-electron chi connectivity index (χ0n) is 28.6. The summed E-state index contributed by atoms with van der Waals surface area (Å²) in [4.78, 5) is 2.46. The molecule has 0 aliphatic carbocycles. The van der Waals surface area contributed by atoms with E-state index in [1.165, 1.54) is 65.7 Å². The average molecular weight is 643 g/mol. The van der Waals surface area contributed by atoms with Crippen molar-refractivity contribution in [1.29, 1.82) is 0 Å². The molecule has 2 nitrogen and oxygen atoms in total. The van der Waals surface area contributed by atoms with E-state index in [1.807, 2.05) is 0 Å². The van der Waals surface area contributed by atoms with E-state index in [0.717, 1.165) is 17.1 Å². The van der Waals surface area contributed by atoms with Crippen LogP contribution in [0.25, 0.3) is 60.2 Å². The maximum atomic E-state index is 2.46. The molecule has 9 rings (SSSR count). The van der Waals surface area contributed by atoms with Gasteiger partial charge in [0.15, 0.2) is 0 Å². The first-order valence-electron chi connectivity index (χ1n) is 17.5. The number of anilines is 3. The van der Waals surface area contributed by atoms with E-state index in [1.54, 1.807) is 0 Å². The van der Waals surface area contributed by atoms with Crippen molar-refractivity contribution in [3.05, 3.63) is 181 Å².